The van der Waals surface area contributed by atoms with Crippen LogP contribution >= 0.6 is 11.6 Å². The summed E-state index contributed by atoms with van der Waals surface area (Å²) in [5, 5.41) is 26.9. The van der Waals surface area contributed by atoms with E-state index in [1.807, 2.05) is 66.7 Å². The van der Waals surface area contributed by atoms with Crippen LogP contribution in [0.5, 0.6) is 5.75 Å². The molecule has 0 aliphatic carbocycles. The lowest BCUT2D eigenvalue weighted by Crippen LogP contribution is -2.39. The van der Waals surface area contributed by atoms with Gasteiger partial charge >= 0.3 is 6.36 Å². The van der Waals surface area contributed by atoms with Gasteiger partial charge in [0.25, 0.3) is 0 Å². The number of aldehydes is 1. The van der Waals surface area contributed by atoms with E-state index in [9.17, 15) is 23.1 Å². The van der Waals surface area contributed by atoms with E-state index in [-0.39, 0.29) is 18.8 Å². The molecule has 2 unspecified atom stereocenters. The van der Waals surface area contributed by atoms with E-state index in [0.29, 0.717) is 53.0 Å². The first-order valence-corrected chi connectivity index (χ1v) is 16.3. The van der Waals surface area contributed by atoms with Crippen LogP contribution in [-0.4, -0.2) is 53.6 Å². The molecule has 3 N–H and O–H groups in total. The minimum atomic E-state index is -4.78. The second kappa shape index (κ2) is 21.8. The number of carbonyl (C=O) groups excluding carboxylic acids is 1. The molecule has 7 nitrogen and oxygen atoms in total. The summed E-state index contributed by atoms with van der Waals surface area (Å²) in [5.41, 5.74) is 4.62. The van der Waals surface area contributed by atoms with E-state index in [4.69, 9.17) is 31.3 Å². The van der Waals surface area contributed by atoms with Crippen LogP contribution in [-0.2, 0) is 33.7 Å². The molecule has 0 aliphatic heterocycles. The fourth-order valence-electron chi connectivity index (χ4n) is 4.73. The van der Waals surface area contributed by atoms with Gasteiger partial charge < -0.3 is 29.5 Å². The van der Waals surface area contributed by atoms with Gasteiger partial charge in [-0.2, -0.15) is 0 Å². The Kier molecular flexibility index (Phi) is 18.3. The molecule has 4 rings (SSSR count). The van der Waals surface area contributed by atoms with Gasteiger partial charge in [-0.15, -0.1) is 13.2 Å². The van der Waals surface area contributed by atoms with Gasteiger partial charge in [0.2, 0.25) is 5.79 Å². The standard InChI is InChI=1S/C34H32ClF3O5.C5H8O.CH4O/c1-24(41-22-27-10-6-3-7-11-27)21-33(40,23-39)43-32(19-25-8-4-2-5-9-25)28-14-17-31(35)29(20-28)18-26-12-15-30(16-13-26)42-34(36,37)38;1-3-5(2)4-6;1-2/h2-17,20,23-24,32,40H,18-19,21-22H2,1H3;3,6H,1-2,4H2;2H,1H3/t24?,32?,33-;;/m0../s1. The molecular formula is C40H44ClF3O7. The fraction of sp³-hybridized carbons (Fsp3) is 0.275. The number of ether oxygens (including phenoxy) is 3. The zero-order valence-corrected chi connectivity index (χ0v) is 29.3. The largest absolute Gasteiger partial charge is 0.573 e. The third kappa shape index (κ3) is 16.1. The van der Waals surface area contributed by atoms with E-state index in [1.54, 1.807) is 19.1 Å². The molecule has 0 bridgehead atoms. The Labute approximate surface area is 302 Å². The maximum Gasteiger partial charge on any atom is 0.573 e. The molecule has 274 valence electrons. The fourth-order valence-corrected chi connectivity index (χ4v) is 4.92. The SMILES string of the molecule is C=CC(=C)CO.CC(C[C@@](O)(C=O)OC(Cc1ccccc1)c1ccc(Cl)c(Cc2ccc(OC(F)(F)F)cc2)c1)OCc1ccccc1.CO. The predicted octanol–water partition coefficient (Wildman–Crippen LogP) is 8.34. The summed E-state index contributed by atoms with van der Waals surface area (Å²) in [4.78, 5) is 12.2. The Morgan fingerprint density at radius 2 is 1.49 bits per heavy atom. The predicted molar refractivity (Wildman–Crippen MR) is 192 cm³/mol. The van der Waals surface area contributed by atoms with Crippen molar-refractivity contribution in [3.8, 4) is 5.75 Å². The van der Waals surface area contributed by atoms with Gasteiger partial charge in [0.15, 0.2) is 6.29 Å². The molecule has 0 amide bonds. The summed E-state index contributed by atoms with van der Waals surface area (Å²) in [6.45, 7) is 8.89. The molecule has 0 saturated heterocycles. The van der Waals surface area contributed by atoms with Crippen LogP contribution < -0.4 is 4.74 Å². The molecule has 3 atom stereocenters. The summed E-state index contributed by atoms with van der Waals surface area (Å²) in [5.74, 6) is -2.45. The monoisotopic (exact) mass is 728 g/mol. The highest BCUT2D eigenvalue weighted by Gasteiger charge is 2.34. The highest BCUT2D eigenvalue weighted by Crippen LogP contribution is 2.32. The minimum Gasteiger partial charge on any atom is -0.406 e. The van der Waals surface area contributed by atoms with Crippen LogP contribution in [0.15, 0.2) is 128 Å². The number of hydrogen-bond acceptors (Lipinski definition) is 7. The second-order valence-corrected chi connectivity index (χ2v) is 11.7. The van der Waals surface area contributed by atoms with Crippen LogP contribution in [0.1, 0.15) is 47.3 Å². The number of alkyl halides is 3. The number of hydrogen-bond donors (Lipinski definition) is 3. The maximum atomic E-state index is 12.5. The summed E-state index contributed by atoms with van der Waals surface area (Å²) in [6, 6.07) is 29.9. The Morgan fingerprint density at radius 3 is 2.00 bits per heavy atom. The number of halogens is 4. The summed E-state index contributed by atoms with van der Waals surface area (Å²) >= 11 is 6.51. The Bertz CT molecular complexity index is 1620. The number of aliphatic hydroxyl groups excluding tert-OH is 2. The number of benzene rings is 4. The van der Waals surface area contributed by atoms with Gasteiger partial charge in [-0.3, -0.25) is 4.79 Å². The molecule has 4 aromatic rings. The van der Waals surface area contributed by atoms with Crippen LogP contribution in [0, 0.1) is 0 Å². The molecule has 0 spiro atoms. The van der Waals surface area contributed by atoms with Crippen molar-refractivity contribution in [3.63, 3.8) is 0 Å². The van der Waals surface area contributed by atoms with E-state index >= 15 is 0 Å². The van der Waals surface area contributed by atoms with Crippen molar-refractivity contribution in [1.29, 1.82) is 0 Å². The van der Waals surface area contributed by atoms with Crippen molar-refractivity contribution in [2.75, 3.05) is 13.7 Å². The molecular weight excluding hydrogens is 685 g/mol. The van der Waals surface area contributed by atoms with Gasteiger partial charge in [0.05, 0.1) is 25.4 Å². The lowest BCUT2D eigenvalue weighted by atomic mass is 9.96. The van der Waals surface area contributed by atoms with E-state index in [0.717, 1.165) is 18.2 Å². The Morgan fingerprint density at radius 1 is 0.902 bits per heavy atom. The molecule has 11 heteroatoms. The highest BCUT2D eigenvalue weighted by atomic mass is 35.5. The average Bonchev–Trinajstić information content (AvgIpc) is 3.13. The van der Waals surface area contributed by atoms with Crippen molar-refractivity contribution < 1.29 is 47.5 Å². The van der Waals surface area contributed by atoms with Crippen LogP contribution in [0.2, 0.25) is 5.02 Å². The lowest BCUT2D eigenvalue weighted by molar-refractivity contribution is -0.274. The third-order valence-electron chi connectivity index (χ3n) is 7.24. The van der Waals surface area contributed by atoms with Gasteiger partial charge in [-0.05, 0) is 64.9 Å². The van der Waals surface area contributed by atoms with Gasteiger partial charge in [-0.25, -0.2) is 0 Å². The summed E-state index contributed by atoms with van der Waals surface area (Å²) in [7, 11) is 1.00. The Balaban J connectivity index is 0.00000102. The van der Waals surface area contributed by atoms with E-state index < -0.39 is 24.4 Å². The highest BCUT2D eigenvalue weighted by molar-refractivity contribution is 6.31. The number of rotatable bonds is 16. The first-order valence-electron chi connectivity index (χ1n) is 15.9. The molecule has 0 aromatic heterocycles. The smallest absolute Gasteiger partial charge is 0.406 e. The Hall–Kier alpha value is -4.29. The molecule has 0 radical (unpaired) electrons. The van der Waals surface area contributed by atoms with Crippen molar-refractivity contribution >= 4 is 17.9 Å². The normalized spacial score (nSPS) is 13.2. The quantitative estimate of drug-likeness (QED) is 0.0605. The zero-order valence-electron chi connectivity index (χ0n) is 28.6. The van der Waals surface area contributed by atoms with E-state index in [1.165, 1.54) is 30.3 Å². The number of aliphatic hydroxyl groups is 3. The molecule has 0 fully saturated rings. The summed E-state index contributed by atoms with van der Waals surface area (Å²) < 4.78 is 53.6. The van der Waals surface area contributed by atoms with Crippen molar-refractivity contribution in [2.45, 2.75) is 57.2 Å². The van der Waals surface area contributed by atoms with Crippen molar-refractivity contribution in [1.82, 2.24) is 0 Å². The number of carbonyl (C=O) groups is 1. The topological polar surface area (TPSA) is 105 Å². The van der Waals surface area contributed by atoms with Crippen LogP contribution in [0.25, 0.3) is 0 Å². The molecule has 4 aromatic carbocycles. The van der Waals surface area contributed by atoms with Gasteiger partial charge in [0, 0.05) is 25.0 Å². The first-order chi connectivity index (χ1) is 24.3. The summed E-state index contributed by atoms with van der Waals surface area (Å²) in [6.07, 6.45) is -3.53. The molecule has 0 heterocycles. The zero-order chi connectivity index (χ0) is 37.9. The second-order valence-electron chi connectivity index (χ2n) is 11.3. The molecule has 0 aliphatic rings. The average molecular weight is 729 g/mol. The van der Waals surface area contributed by atoms with Crippen LogP contribution in [0.4, 0.5) is 13.2 Å². The molecule has 51 heavy (non-hydrogen) atoms. The van der Waals surface area contributed by atoms with Gasteiger partial charge in [-0.1, -0.05) is 116 Å². The van der Waals surface area contributed by atoms with Crippen molar-refractivity contribution in [2.24, 2.45) is 0 Å². The lowest BCUT2D eigenvalue weighted by Gasteiger charge is -2.31. The van der Waals surface area contributed by atoms with Crippen molar-refractivity contribution in [3.05, 3.63) is 161 Å². The van der Waals surface area contributed by atoms with Gasteiger partial charge in [0.1, 0.15) is 5.75 Å². The molecule has 0 saturated carbocycles. The maximum absolute atomic E-state index is 12.5. The van der Waals surface area contributed by atoms with E-state index in [2.05, 4.69) is 17.9 Å². The minimum absolute atomic E-state index is 0.0174. The first kappa shape index (κ1) is 42.9. The van der Waals surface area contributed by atoms with Crippen LogP contribution in [0.3, 0.4) is 0 Å². The third-order valence-corrected chi connectivity index (χ3v) is 7.61.